The number of imidazole rings is 1. The smallest absolute Gasteiger partial charge is 0.325 e. The number of aromatic amines is 1. The molecule has 4 aromatic rings. The van der Waals surface area contributed by atoms with Crippen LogP contribution in [0.1, 0.15) is 74.0 Å². The number of hydrogen-bond acceptors (Lipinski definition) is 14. The topological polar surface area (TPSA) is 253 Å². The second-order valence-electron chi connectivity index (χ2n) is 11.6. The number of hydrogen-bond donors (Lipinski definition) is 3. The molecule has 0 saturated heterocycles. The molecule has 2 aromatic heterocycles. The van der Waals surface area contributed by atoms with Crippen molar-refractivity contribution < 1.29 is 39.3 Å². The monoisotopic (exact) mass is 695 g/mol. The van der Waals surface area contributed by atoms with Crippen LogP contribution in [-0.2, 0) is 37.8 Å². The van der Waals surface area contributed by atoms with E-state index in [9.17, 15) is 34.9 Å². The van der Waals surface area contributed by atoms with E-state index in [1.165, 1.54) is 13.8 Å². The van der Waals surface area contributed by atoms with Crippen molar-refractivity contribution in [1.29, 1.82) is 0 Å². The first-order chi connectivity index (χ1) is 23.9. The number of carbonyl (C=O) groups is 2. The molecule has 2 heterocycles. The quantitative estimate of drug-likeness (QED) is 0.0419. The number of aryl methyl sites for hydroxylation is 1. The molecular formula is C31H37N9O10. The van der Waals surface area contributed by atoms with Crippen LogP contribution in [0.15, 0.2) is 48.5 Å². The van der Waals surface area contributed by atoms with Crippen LogP contribution in [0.25, 0.3) is 22.5 Å². The van der Waals surface area contributed by atoms with Crippen LogP contribution in [0, 0.1) is 20.2 Å². The van der Waals surface area contributed by atoms with Gasteiger partial charge in [-0.2, -0.15) is 5.21 Å². The molecular weight excluding hydrogens is 658 g/mol. The molecule has 0 fully saturated rings. The number of benzene rings is 2. The molecule has 1 amide bonds. The molecule has 0 radical (unpaired) electrons. The van der Waals surface area contributed by atoms with Crippen molar-refractivity contribution >= 4 is 11.9 Å². The first kappa shape index (κ1) is 36.8. The minimum absolute atomic E-state index is 0.0999. The SMILES string of the molecule is CCCc1nc(C(C)(C)O)c(C(=O)NCC(=O)OCCCCC(O[N+](=O)[O-])O[N+](=O)[O-])n1Cc1ccc(-c2ccccc2-c2nn[nH]n2)cc1. The van der Waals surface area contributed by atoms with Crippen LogP contribution in [0.5, 0.6) is 0 Å². The van der Waals surface area contributed by atoms with Crippen LogP contribution in [0.3, 0.4) is 0 Å². The highest BCUT2D eigenvalue weighted by atomic mass is 17.0. The number of aromatic nitrogens is 6. The first-order valence-corrected chi connectivity index (χ1v) is 15.7. The molecule has 0 unspecified atom stereocenters. The zero-order chi connectivity index (χ0) is 36.3. The third-order valence-electron chi connectivity index (χ3n) is 7.33. The Hall–Kier alpha value is -5.98. The Morgan fingerprint density at radius 1 is 1.04 bits per heavy atom. The van der Waals surface area contributed by atoms with Crippen LogP contribution in [0.4, 0.5) is 0 Å². The van der Waals surface area contributed by atoms with Crippen molar-refractivity contribution in [2.24, 2.45) is 0 Å². The highest BCUT2D eigenvalue weighted by Crippen LogP contribution is 2.31. The summed E-state index contributed by atoms with van der Waals surface area (Å²) in [6.07, 6.45) is -0.327. The minimum Gasteiger partial charge on any atom is -0.464 e. The van der Waals surface area contributed by atoms with Crippen molar-refractivity contribution in [3.05, 3.63) is 91.5 Å². The highest BCUT2D eigenvalue weighted by molar-refractivity contribution is 5.96. The molecule has 0 saturated carbocycles. The van der Waals surface area contributed by atoms with Gasteiger partial charge in [-0.25, -0.2) is 4.98 Å². The third kappa shape index (κ3) is 10.0. The molecule has 4 rings (SSSR count). The maximum Gasteiger partial charge on any atom is 0.325 e. The second kappa shape index (κ2) is 16.9. The van der Waals surface area contributed by atoms with Gasteiger partial charge >= 0.3 is 5.97 Å². The number of esters is 1. The number of nitrogens with zero attached hydrogens (tertiary/aromatic N) is 7. The van der Waals surface area contributed by atoms with Gasteiger partial charge in [0, 0.05) is 18.5 Å². The summed E-state index contributed by atoms with van der Waals surface area (Å²) in [4.78, 5) is 59.9. The lowest BCUT2D eigenvalue weighted by atomic mass is 9.98. The van der Waals surface area contributed by atoms with E-state index < -0.39 is 40.5 Å². The second-order valence-corrected chi connectivity index (χ2v) is 11.6. The molecule has 3 N–H and O–H groups in total. The molecule has 19 nitrogen and oxygen atoms in total. The molecule has 0 aliphatic heterocycles. The lowest BCUT2D eigenvalue weighted by Crippen LogP contribution is -2.34. The Kier molecular flexibility index (Phi) is 12.5. The van der Waals surface area contributed by atoms with E-state index >= 15 is 0 Å². The van der Waals surface area contributed by atoms with Crippen molar-refractivity contribution in [1.82, 2.24) is 35.5 Å². The van der Waals surface area contributed by atoms with Gasteiger partial charge < -0.3 is 19.7 Å². The largest absolute Gasteiger partial charge is 0.464 e. The van der Waals surface area contributed by atoms with Crippen LogP contribution < -0.4 is 5.32 Å². The summed E-state index contributed by atoms with van der Waals surface area (Å²) in [6, 6.07) is 15.4. The van der Waals surface area contributed by atoms with E-state index in [2.05, 4.69) is 40.6 Å². The van der Waals surface area contributed by atoms with Gasteiger partial charge in [-0.15, -0.1) is 30.4 Å². The Bertz CT molecular complexity index is 1750. The molecule has 2 aromatic carbocycles. The predicted octanol–water partition coefficient (Wildman–Crippen LogP) is 3.14. The van der Waals surface area contributed by atoms with Crippen molar-refractivity contribution in [3.8, 4) is 22.5 Å². The van der Waals surface area contributed by atoms with Gasteiger partial charge in [0.05, 0.1) is 6.61 Å². The number of tetrazole rings is 1. The lowest BCUT2D eigenvalue weighted by Gasteiger charge is -2.18. The van der Waals surface area contributed by atoms with Crippen LogP contribution in [0.2, 0.25) is 0 Å². The first-order valence-electron chi connectivity index (χ1n) is 15.7. The van der Waals surface area contributed by atoms with Gasteiger partial charge in [0.2, 0.25) is 5.82 Å². The number of amides is 1. The van der Waals surface area contributed by atoms with Crippen LogP contribution >= 0.6 is 0 Å². The van der Waals surface area contributed by atoms with Gasteiger partial charge in [0.1, 0.15) is 29.4 Å². The summed E-state index contributed by atoms with van der Waals surface area (Å²) in [5.74, 6) is -0.357. The number of unbranched alkanes of at least 4 members (excludes halogenated alkanes) is 1. The lowest BCUT2D eigenvalue weighted by molar-refractivity contribution is -0.851. The van der Waals surface area contributed by atoms with E-state index in [1.54, 1.807) is 4.57 Å². The fourth-order valence-electron chi connectivity index (χ4n) is 5.12. The molecule has 0 spiro atoms. The van der Waals surface area contributed by atoms with Crippen LogP contribution in [-0.4, -0.2) is 76.8 Å². The van der Waals surface area contributed by atoms with E-state index in [-0.39, 0.29) is 43.8 Å². The summed E-state index contributed by atoms with van der Waals surface area (Å²) in [5, 5.41) is 46.4. The summed E-state index contributed by atoms with van der Waals surface area (Å²) in [6.45, 7) is 4.65. The minimum atomic E-state index is -1.71. The number of carbonyl (C=O) groups excluding carboxylic acids is 2. The maximum absolute atomic E-state index is 13.6. The fourth-order valence-corrected chi connectivity index (χ4v) is 5.12. The molecule has 0 bridgehead atoms. The summed E-state index contributed by atoms with van der Waals surface area (Å²) >= 11 is 0. The fraction of sp³-hybridized carbons (Fsp3) is 0.419. The average Bonchev–Trinajstić information content (AvgIpc) is 3.72. The van der Waals surface area contributed by atoms with Crippen molar-refractivity contribution in [2.75, 3.05) is 13.2 Å². The average molecular weight is 696 g/mol. The normalized spacial score (nSPS) is 11.3. The third-order valence-corrected chi connectivity index (χ3v) is 7.33. The summed E-state index contributed by atoms with van der Waals surface area (Å²) < 4.78 is 6.86. The van der Waals surface area contributed by atoms with E-state index in [1.807, 2.05) is 55.5 Å². The molecule has 50 heavy (non-hydrogen) atoms. The Morgan fingerprint density at radius 3 is 2.32 bits per heavy atom. The number of nitrogens with one attached hydrogen (secondary N) is 2. The van der Waals surface area contributed by atoms with Gasteiger partial charge in [0.25, 0.3) is 22.4 Å². The summed E-state index contributed by atoms with van der Waals surface area (Å²) in [5.41, 5.74) is 2.24. The van der Waals surface area contributed by atoms with Gasteiger partial charge in [-0.05, 0) is 61.4 Å². The van der Waals surface area contributed by atoms with Gasteiger partial charge in [0.15, 0.2) is 0 Å². The summed E-state index contributed by atoms with van der Waals surface area (Å²) in [7, 11) is 0. The molecule has 19 heteroatoms. The Balaban J connectivity index is 1.45. The Morgan fingerprint density at radius 2 is 1.72 bits per heavy atom. The van der Waals surface area contributed by atoms with Gasteiger partial charge in [-0.3, -0.25) is 19.3 Å². The number of H-pyrrole nitrogens is 1. The van der Waals surface area contributed by atoms with Crippen molar-refractivity contribution in [2.45, 2.75) is 71.3 Å². The molecule has 0 aliphatic rings. The molecule has 0 atom stereocenters. The zero-order valence-corrected chi connectivity index (χ0v) is 27.6. The van der Waals surface area contributed by atoms with Gasteiger partial charge in [-0.1, -0.05) is 55.5 Å². The Labute approximate surface area is 285 Å². The van der Waals surface area contributed by atoms with E-state index in [0.717, 1.165) is 28.7 Å². The maximum atomic E-state index is 13.6. The predicted molar refractivity (Wildman–Crippen MR) is 173 cm³/mol. The zero-order valence-electron chi connectivity index (χ0n) is 27.6. The number of rotatable bonds is 19. The van der Waals surface area contributed by atoms with Crippen molar-refractivity contribution in [3.63, 3.8) is 0 Å². The van der Waals surface area contributed by atoms with E-state index in [0.29, 0.717) is 18.1 Å². The number of aliphatic hydroxyl groups is 1. The molecule has 0 aliphatic carbocycles. The molecule has 266 valence electrons. The standard InChI is InChI=1S/C31H37N9O10/c1-4-9-24-33-28(31(2,3)43)27(30(42)32-18-25(41)48-17-8-7-12-26(49-39(44)45)50-40(46)47)38(24)19-20-13-15-21(16-14-20)22-10-5-6-11-23(22)29-34-36-37-35-29/h5-6,10-11,13-16,26,43H,4,7-9,12,17-19H2,1-3H3,(H,32,42)(H,34,35,36,37). The van der Waals surface area contributed by atoms with E-state index in [4.69, 9.17) is 4.74 Å². The number of ether oxygens (including phenoxy) is 1. The highest BCUT2D eigenvalue weighted by Gasteiger charge is 2.32.